The van der Waals surface area contributed by atoms with Gasteiger partial charge in [0.25, 0.3) is 0 Å². The summed E-state index contributed by atoms with van der Waals surface area (Å²) >= 11 is 5.85. The van der Waals surface area contributed by atoms with Gasteiger partial charge in [-0.3, -0.25) is 0 Å². The van der Waals surface area contributed by atoms with Crippen LogP contribution in [0.3, 0.4) is 0 Å². The van der Waals surface area contributed by atoms with E-state index < -0.39 is 0 Å². The predicted molar refractivity (Wildman–Crippen MR) is 68.4 cm³/mol. The third kappa shape index (κ3) is 1.49. The molecule has 0 radical (unpaired) electrons. The van der Waals surface area contributed by atoms with E-state index in [4.69, 9.17) is 0 Å². The van der Waals surface area contributed by atoms with Crippen LogP contribution in [0.2, 0.25) is 0 Å². The average molecular weight is 315 g/mol. The largest absolute Gasteiger partial charge is 0.206 e. The number of fused-ring (bicyclic) bond motifs is 1. The summed E-state index contributed by atoms with van der Waals surface area (Å²) in [5.41, 5.74) is 2.15. The summed E-state index contributed by atoms with van der Waals surface area (Å²) in [6.45, 7) is 0. The molecule has 0 fully saturated rings. The molecule has 80 valence electrons. The molecule has 2 aromatic heterocycles. The number of aromatic nitrogens is 2. The van der Waals surface area contributed by atoms with Crippen LogP contribution < -0.4 is 0 Å². The van der Waals surface area contributed by atoms with E-state index in [9.17, 15) is 4.39 Å². The van der Waals surface area contributed by atoms with Crippen LogP contribution in [-0.4, -0.2) is 8.75 Å². The zero-order chi connectivity index (χ0) is 11.1. The molecule has 2 nitrogen and oxygen atoms in total. The van der Waals surface area contributed by atoms with Crippen molar-refractivity contribution in [2.75, 3.05) is 0 Å². The van der Waals surface area contributed by atoms with E-state index in [0.29, 0.717) is 9.99 Å². The fraction of sp³-hybridized carbons (Fsp3) is 0. The molecule has 2 heterocycles. The number of rotatable bonds is 1. The Morgan fingerprint density at radius 2 is 2.06 bits per heavy atom. The van der Waals surface area contributed by atoms with Crippen molar-refractivity contribution in [2.45, 2.75) is 0 Å². The number of hydrogen-bond donors (Lipinski definition) is 0. The van der Waals surface area contributed by atoms with Gasteiger partial charge in [0, 0.05) is 10.4 Å². The van der Waals surface area contributed by atoms with Gasteiger partial charge >= 0.3 is 0 Å². The lowest BCUT2D eigenvalue weighted by molar-refractivity contribution is 0.623. The number of benzene rings is 1. The number of thiophene rings is 1. The summed E-state index contributed by atoms with van der Waals surface area (Å²) in [4.78, 5) is 1.00. The van der Waals surface area contributed by atoms with Crippen LogP contribution in [0.5, 0.6) is 0 Å². The first-order valence-corrected chi connectivity index (χ1v) is 6.82. The minimum atomic E-state index is -0.302. The highest BCUT2D eigenvalue weighted by atomic mass is 79.9. The minimum Gasteiger partial charge on any atom is -0.206 e. The van der Waals surface area contributed by atoms with E-state index in [1.54, 1.807) is 11.3 Å². The minimum absolute atomic E-state index is 0.302. The lowest BCUT2D eigenvalue weighted by Crippen LogP contribution is -1.84. The Morgan fingerprint density at radius 1 is 1.25 bits per heavy atom. The predicted octanol–water partition coefficient (Wildman–Crippen LogP) is 4.32. The van der Waals surface area contributed by atoms with Crippen LogP contribution in [0.25, 0.3) is 21.5 Å². The molecule has 0 aliphatic carbocycles. The maximum absolute atomic E-state index is 13.7. The summed E-state index contributed by atoms with van der Waals surface area (Å²) in [6.07, 6.45) is 0. The molecule has 0 amide bonds. The Labute approximate surface area is 107 Å². The molecule has 0 aliphatic rings. The summed E-state index contributed by atoms with van der Waals surface area (Å²) in [5.74, 6) is -0.302. The van der Waals surface area contributed by atoms with Gasteiger partial charge in [-0.25, -0.2) is 4.39 Å². The van der Waals surface area contributed by atoms with Gasteiger partial charge in [-0.2, -0.15) is 8.75 Å². The standard InChI is InChI=1S/C10H4BrFN2S2/c11-8-6(12)4-5(7-2-1-3-15-7)9-10(8)14-16-13-9/h1-4H. The molecule has 0 spiro atoms. The summed E-state index contributed by atoms with van der Waals surface area (Å²) in [5, 5.41) is 1.96. The lowest BCUT2D eigenvalue weighted by Gasteiger charge is -2.01. The van der Waals surface area contributed by atoms with Gasteiger partial charge < -0.3 is 0 Å². The van der Waals surface area contributed by atoms with Gasteiger partial charge in [0.1, 0.15) is 16.9 Å². The van der Waals surface area contributed by atoms with E-state index >= 15 is 0 Å². The fourth-order valence-electron chi connectivity index (χ4n) is 1.50. The van der Waals surface area contributed by atoms with E-state index in [2.05, 4.69) is 24.7 Å². The second-order valence-electron chi connectivity index (χ2n) is 3.16. The molecule has 16 heavy (non-hydrogen) atoms. The van der Waals surface area contributed by atoms with E-state index in [1.165, 1.54) is 6.07 Å². The molecule has 1 aromatic carbocycles. The van der Waals surface area contributed by atoms with Crippen LogP contribution in [0.4, 0.5) is 4.39 Å². The van der Waals surface area contributed by atoms with Crippen molar-refractivity contribution in [3.63, 3.8) is 0 Å². The summed E-state index contributed by atoms with van der Waals surface area (Å²) in [7, 11) is 0. The fourth-order valence-corrected chi connectivity index (χ4v) is 3.32. The molecule has 0 aliphatic heterocycles. The first-order valence-electron chi connectivity index (χ1n) is 4.41. The molecule has 0 bridgehead atoms. The van der Waals surface area contributed by atoms with Crippen molar-refractivity contribution in [1.29, 1.82) is 0 Å². The highest BCUT2D eigenvalue weighted by Gasteiger charge is 2.15. The van der Waals surface area contributed by atoms with Gasteiger partial charge in [0.05, 0.1) is 16.2 Å². The van der Waals surface area contributed by atoms with Gasteiger partial charge in [0.15, 0.2) is 0 Å². The van der Waals surface area contributed by atoms with E-state index in [0.717, 1.165) is 27.7 Å². The van der Waals surface area contributed by atoms with Crippen molar-refractivity contribution < 1.29 is 4.39 Å². The van der Waals surface area contributed by atoms with Crippen LogP contribution in [0.15, 0.2) is 28.1 Å². The first-order chi connectivity index (χ1) is 7.77. The highest BCUT2D eigenvalue weighted by molar-refractivity contribution is 9.10. The zero-order valence-corrected chi connectivity index (χ0v) is 11.0. The SMILES string of the molecule is Fc1cc(-c2cccs2)c2nsnc2c1Br. The topological polar surface area (TPSA) is 25.8 Å². The summed E-state index contributed by atoms with van der Waals surface area (Å²) < 4.78 is 22.4. The normalized spacial score (nSPS) is 11.1. The first kappa shape index (κ1) is 10.3. The molecule has 3 aromatic rings. The lowest BCUT2D eigenvalue weighted by atomic mass is 10.1. The molecule has 0 unspecified atom stereocenters. The molecule has 0 N–H and O–H groups in total. The van der Waals surface area contributed by atoms with Crippen molar-refractivity contribution in [2.24, 2.45) is 0 Å². The van der Waals surface area contributed by atoms with Gasteiger partial charge in [-0.1, -0.05) is 6.07 Å². The van der Waals surface area contributed by atoms with Crippen molar-refractivity contribution in [1.82, 2.24) is 8.75 Å². The molecule has 3 rings (SSSR count). The Balaban J connectivity index is 2.41. The van der Waals surface area contributed by atoms with Crippen LogP contribution in [0.1, 0.15) is 0 Å². The van der Waals surface area contributed by atoms with E-state index in [-0.39, 0.29) is 5.82 Å². The van der Waals surface area contributed by atoms with Crippen molar-refractivity contribution in [3.05, 3.63) is 33.9 Å². The molecular weight excluding hydrogens is 311 g/mol. The third-order valence-corrected chi connectivity index (χ3v) is 4.40. The number of hydrogen-bond acceptors (Lipinski definition) is 4. The molecular formula is C10H4BrFN2S2. The van der Waals surface area contributed by atoms with Crippen LogP contribution >= 0.6 is 39.0 Å². The molecule has 0 atom stereocenters. The smallest absolute Gasteiger partial charge is 0.140 e. The maximum atomic E-state index is 13.7. The number of halogens is 2. The summed E-state index contributed by atoms with van der Waals surface area (Å²) in [6, 6.07) is 5.39. The van der Waals surface area contributed by atoms with Gasteiger partial charge in [-0.05, 0) is 33.4 Å². The third-order valence-electron chi connectivity index (χ3n) is 2.22. The maximum Gasteiger partial charge on any atom is 0.140 e. The molecule has 0 saturated heterocycles. The Bertz CT molecular complexity index is 648. The van der Waals surface area contributed by atoms with E-state index in [1.807, 2.05) is 17.5 Å². The Kier molecular flexibility index (Phi) is 2.49. The molecule has 0 saturated carbocycles. The second-order valence-corrected chi connectivity index (χ2v) is 5.43. The quantitative estimate of drug-likeness (QED) is 0.668. The van der Waals surface area contributed by atoms with Crippen LogP contribution in [0, 0.1) is 5.82 Å². The Hall–Kier alpha value is -0.850. The highest BCUT2D eigenvalue weighted by Crippen LogP contribution is 2.35. The van der Waals surface area contributed by atoms with Crippen LogP contribution in [-0.2, 0) is 0 Å². The zero-order valence-electron chi connectivity index (χ0n) is 7.78. The molecule has 6 heteroatoms. The van der Waals surface area contributed by atoms with Crippen molar-refractivity contribution in [3.8, 4) is 10.4 Å². The van der Waals surface area contributed by atoms with Crippen molar-refractivity contribution >= 4 is 50.0 Å². The monoisotopic (exact) mass is 314 g/mol. The Morgan fingerprint density at radius 3 is 2.81 bits per heavy atom. The van der Waals surface area contributed by atoms with Gasteiger partial charge in [-0.15, -0.1) is 11.3 Å². The van der Waals surface area contributed by atoms with Gasteiger partial charge in [0.2, 0.25) is 0 Å². The average Bonchev–Trinajstić information content (AvgIpc) is 2.93. The number of nitrogens with zero attached hydrogens (tertiary/aromatic N) is 2. The second kappa shape index (κ2) is 3.87.